The SMILES string of the molecule is CCCCCCC/C=C\CCCCCCCC(=O)OCCCCCCCCCCCCC/C=C\CCCCCCCCCC(=O)NC(CO)C(O)CCCCCCCCCCCCCCCCCCCCCC. The molecule has 2 atom stereocenters. The van der Waals surface area contributed by atoms with Crippen molar-refractivity contribution in [1.29, 1.82) is 0 Å². The van der Waals surface area contributed by atoms with Crippen molar-refractivity contribution in [3.05, 3.63) is 24.3 Å². The van der Waals surface area contributed by atoms with E-state index in [9.17, 15) is 19.8 Å². The summed E-state index contributed by atoms with van der Waals surface area (Å²) in [5.74, 6) is -0.0364. The van der Waals surface area contributed by atoms with Crippen LogP contribution in [0.1, 0.15) is 367 Å². The van der Waals surface area contributed by atoms with E-state index in [2.05, 4.69) is 43.5 Å². The Labute approximate surface area is 456 Å². The second kappa shape index (κ2) is 62.9. The first-order chi connectivity index (χ1) is 36.0. The molecular formula is C67H129NO5. The van der Waals surface area contributed by atoms with Gasteiger partial charge in [-0.15, -0.1) is 0 Å². The van der Waals surface area contributed by atoms with Crippen LogP contribution in [-0.2, 0) is 14.3 Å². The molecule has 0 radical (unpaired) electrons. The number of amides is 1. The molecule has 0 rings (SSSR count). The molecule has 0 aliphatic heterocycles. The minimum absolute atomic E-state index is 0.00209. The highest BCUT2D eigenvalue weighted by Crippen LogP contribution is 2.18. The van der Waals surface area contributed by atoms with Crippen LogP contribution in [0.5, 0.6) is 0 Å². The molecular weight excluding hydrogens is 899 g/mol. The third-order valence-corrected chi connectivity index (χ3v) is 15.5. The van der Waals surface area contributed by atoms with Crippen LogP contribution in [0.2, 0.25) is 0 Å². The first kappa shape index (κ1) is 71.3. The number of allylic oxidation sites excluding steroid dienone is 4. The number of aliphatic hydroxyl groups is 2. The summed E-state index contributed by atoms with van der Waals surface area (Å²) in [7, 11) is 0. The number of carbonyl (C=O) groups excluding carboxylic acids is 2. The van der Waals surface area contributed by atoms with Gasteiger partial charge in [0.15, 0.2) is 0 Å². The van der Waals surface area contributed by atoms with Gasteiger partial charge in [-0.05, 0) is 77.0 Å². The molecule has 1 amide bonds. The Bertz CT molecular complexity index is 1140. The topological polar surface area (TPSA) is 95.9 Å². The molecule has 3 N–H and O–H groups in total. The third kappa shape index (κ3) is 59.4. The summed E-state index contributed by atoms with van der Waals surface area (Å²) in [5.41, 5.74) is 0. The van der Waals surface area contributed by atoms with Gasteiger partial charge in [0.25, 0.3) is 0 Å². The molecule has 0 fully saturated rings. The number of esters is 1. The van der Waals surface area contributed by atoms with Crippen LogP contribution in [0.4, 0.5) is 0 Å². The van der Waals surface area contributed by atoms with E-state index in [1.54, 1.807) is 0 Å². The molecule has 0 aromatic heterocycles. The molecule has 0 aromatic rings. The van der Waals surface area contributed by atoms with Crippen molar-refractivity contribution in [2.75, 3.05) is 13.2 Å². The van der Waals surface area contributed by atoms with Gasteiger partial charge < -0.3 is 20.3 Å². The van der Waals surface area contributed by atoms with Gasteiger partial charge in [0.2, 0.25) is 5.91 Å². The van der Waals surface area contributed by atoms with Gasteiger partial charge >= 0.3 is 5.97 Å². The van der Waals surface area contributed by atoms with Gasteiger partial charge in [-0.25, -0.2) is 0 Å². The number of nitrogens with one attached hydrogen (secondary N) is 1. The number of rotatable bonds is 62. The first-order valence-corrected chi connectivity index (χ1v) is 33.1. The zero-order valence-electron chi connectivity index (χ0n) is 49.4. The lowest BCUT2D eigenvalue weighted by Gasteiger charge is -2.22. The summed E-state index contributed by atoms with van der Waals surface area (Å²) in [6.45, 7) is 4.96. The van der Waals surface area contributed by atoms with Crippen LogP contribution >= 0.6 is 0 Å². The fourth-order valence-electron chi connectivity index (χ4n) is 10.4. The van der Waals surface area contributed by atoms with Crippen LogP contribution in [0, 0.1) is 0 Å². The second-order valence-corrected chi connectivity index (χ2v) is 22.8. The Hall–Kier alpha value is -1.66. The van der Waals surface area contributed by atoms with E-state index in [1.165, 1.54) is 289 Å². The minimum Gasteiger partial charge on any atom is -0.466 e. The normalized spacial score (nSPS) is 12.7. The molecule has 0 aliphatic carbocycles. The second-order valence-electron chi connectivity index (χ2n) is 22.8. The van der Waals surface area contributed by atoms with Gasteiger partial charge in [0.1, 0.15) is 0 Å². The fraction of sp³-hybridized carbons (Fsp3) is 0.910. The minimum atomic E-state index is -0.669. The van der Waals surface area contributed by atoms with Crippen LogP contribution in [-0.4, -0.2) is 47.4 Å². The molecule has 432 valence electrons. The number of hydrogen-bond donors (Lipinski definition) is 3. The summed E-state index contributed by atoms with van der Waals surface area (Å²) >= 11 is 0. The van der Waals surface area contributed by atoms with Gasteiger partial charge in [-0.3, -0.25) is 9.59 Å². The number of hydrogen-bond acceptors (Lipinski definition) is 5. The van der Waals surface area contributed by atoms with E-state index in [0.29, 0.717) is 25.9 Å². The quantitative estimate of drug-likeness (QED) is 0.0320. The largest absolute Gasteiger partial charge is 0.466 e. The zero-order valence-corrected chi connectivity index (χ0v) is 49.4. The lowest BCUT2D eigenvalue weighted by Crippen LogP contribution is -2.45. The van der Waals surface area contributed by atoms with E-state index < -0.39 is 12.1 Å². The maximum Gasteiger partial charge on any atom is 0.305 e. The number of aliphatic hydroxyl groups excluding tert-OH is 2. The average Bonchev–Trinajstić information content (AvgIpc) is 3.39. The van der Waals surface area contributed by atoms with Crippen molar-refractivity contribution in [3.63, 3.8) is 0 Å². The molecule has 2 unspecified atom stereocenters. The molecule has 73 heavy (non-hydrogen) atoms. The van der Waals surface area contributed by atoms with E-state index in [1.807, 2.05) is 0 Å². The maximum absolute atomic E-state index is 12.5. The third-order valence-electron chi connectivity index (χ3n) is 15.5. The molecule has 0 heterocycles. The predicted molar refractivity (Wildman–Crippen MR) is 320 cm³/mol. The van der Waals surface area contributed by atoms with Crippen LogP contribution in [0.3, 0.4) is 0 Å². The number of unbranched alkanes of at least 4 members (excludes halogenated alkanes) is 47. The molecule has 0 bridgehead atoms. The highest BCUT2D eigenvalue weighted by molar-refractivity contribution is 5.76. The van der Waals surface area contributed by atoms with Crippen LogP contribution in [0.25, 0.3) is 0 Å². The van der Waals surface area contributed by atoms with Crippen molar-refractivity contribution >= 4 is 11.9 Å². The number of ether oxygens (including phenoxy) is 1. The van der Waals surface area contributed by atoms with Gasteiger partial charge in [-0.2, -0.15) is 0 Å². The zero-order chi connectivity index (χ0) is 52.9. The fourth-order valence-corrected chi connectivity index (χ4v) is 10.4. The number of carbonyl (C=O) groups is 2. The molecule has 0 aliphatic rings. The first-order valence-electron chi connectivity index (χ1n) is 33.1. The van der Waals surface area contributed by atoms with Crippen LogP contribution < -0.4 is 5.32 Å². The summed E-state index contributed by atoms with van der Waals surface area (Å²) in [6, 6.07) is -0.547. The molecule has 0 saturated heterocycles. The monoisotopic (exact) mass is 1030 g/mol. The molecule has 6 nitrogen and oxygen atoms in total. The summed E-state index contributed by atoms with van der Waals surface area (Å²) in [4.78, 5) is 24.6. The van der Waals surface area contributed by atoms with Crippen molar-refractivity contribution < 1.29 is 24.5 Å². The lowest BCUT2D eigenvalue weighted by atomic mass is 10.0. The van der Waals surface area contributed by atoms with E-state index in [4.69, 9.17) is 4.74 Å². The standard InChI is InChI=1S/C67H129NO5/c1-3-5-7-9-11-13-15-17-19-20-21-26-29-32-35-39-43-47-51-55-59-65(70)64(63-69)68-66(71)60-56-52-48-44-40-36-33-30-27-24-22-23-25-28-31-34-38-42-46-50-54-58-62-73-67(72)61-57-53-49-45-41-37-18-16-14-12-10-8-6-4-2/h16,18,24,27,64-65,69-70H,3-15,17,19-23,25-26,28-63H2,1-2H3,(H,68,71)/b18-16-,27-24-. The van der Waals surface area contributed by atoms with Crippen molar-refractivity contribution in [1.82, 2.24) is 5.32 Å². The predicted octanol–water partition coefficient (Wildman–Crippen LogP) is 21.0. The Morgan fingerprint density at radius 1 is 0.370 bits per heavy atom. The highest BCUT2D eigenvalue weighted by Gasteiger charge is 2.20. The molecule has 0 aromatic carbocycles. The smallest absolute Gasteiger partial charge is 0.305 e. The van der Waals surface area contributed by atoms with Crippen molar-refractivity contribution in [2.45, 2.75) is 379 Å². The highest BCUT2D eigenvalue weighted by atomic mass is 16.5. The van der Waals surface area contributed by atoms with E-state index in [0.717, 1.165) is 44.9 Å². The van der Waals surface area contributed by atoms with Crippen LogP contribution in [0.15, 0.2) is 24.3 Å². The van der Waals surface area contributed by atoms with E-state index >= 15 is 0 Å². The van der Waals surface area contributed by atoms with Gasteiger partial charge in [-0.1, -0.05) is 301 Å². The molecule has 6 heteroatoms. The van der Waals surface area contributed by atoms with Crippen molar-refractivity contribution in [2.24, 2.45) is 0 Å². The maximum atomic E-state index is 12.5. The Morgan fingerprint density at radius 2 is 0.644 bits per heavy atom. The van der Waals surface area contributed by atoms with Gasteiger partial charge in [0.05, 0.1) is 25.4 Å². The summed E-state index contributed by atoms with van der Waals surface area (Å²) < 4.78 is 5.48. The van der Waals surface area contributed by atoms with Crippen molar-refractivity contribution in [3.8, 4) is 0 Å². The summed E-state index contributed by atoms with van der Waals surface area (Å²) in [6.07, 6.45) is 77.7. The Morgan fingerprint density at radius 3 is 0.973 bits per heavy atom. The average molecular weight is 1030 g/mol. The summed E-state index contributed by atoms with van der Waals surface area (Å²) in [5, 5.41) is 23.4. The lowest BCUT2D eigenvalue weighted by molar-refractivity contribution is -0.143. The Balaban J connectivity index is 3.42. The van der Waals surface area contributed by atoms with E-state index in [-0.39, 0.29) is 18.5 Å². The molecule has 0 saturated carbocycles. The molecule has 0 spiro atoms. The Kier molecular flexibility index (Phi) is 61.4. The van der Waals surface area contributed by atoms with Gasteiger partial charge in [0, 0.05) is 12.8 Å².